The summed E-state index contributed by atoms with van der Waals surface area (Å²) in [4.78, 5) is 24.0. The Labute approximate surface area is 103 Å². The van der Waals surface area contributed by atoms with Gasteiger partial charge < -0.3 is 20.4 Å². The van der Waals surface area contributed by atoms with Crippen LogP contribution in [-0.2, 0) is 11.8 Å². The van der Waals surface area contributed by atoms with Crippen molar-refractivity contribution in [3.05, 3.63) is 12.4 Å². The molecule has 1 aromatic rings. The summed E-state index contributed by atoms with van der Waals surface area (Å²) in [6, 6.07) is -1.54. The Morgan fingerprint density at radius 3 is 2.83 bits per heavy atom. The van der Waals surface area contributed by atoms with Crippen LogP contribution in [0.4, 0.5) is 10.5 Å². The molecule has 2 atom stereocenters. The van der Waals surface area contributed by atoms with Crippen LogP contribution >= 0.6 is 0 Å². The Morgan fingerprint density at radius 2 is 2.28 bits per heavy atom. The minimum absolute atomic E-state index is 0.0169. The van der Waals surface area contributed by atoms with Gasteiger partial charge >= 0.3 is 12.0 Å². The molecule has 3 N–H and O–H groups in total. The van der Waals surface area contributed by atoms with Crippen molar-refractivity contribution in [1.82, 2.24) is 14.7 Å². The average molecular weight is 254 g/mol. The number of carbonyl (C=O) groups excluding carboxylic acids is 1. The van der Waals surface area contributed by atoms with E-state index in [1.54, 1.807) is 13.2 Å². The number of aliphatic hydroxyl groups is 1. The monoisotopic (exact) mass is 254 g/mol. The standard InChI is InChI=1S/C10H14N4O4/c1-13-4-6(3-11-13)12-10(18)14-5-7(15)2-8(14)9(16)17/h3-4,7-8,15H,2,5H2,1H3,(H,12,18)(H,16,17)/t7-,8-/m1/s1. The van der Waals surface area contributed by atoms with E-state index in [0.717, 1.165) is 4.90 Å². The highest BCUT2D eigenvalue weighted by atomic mass is 16.4. The minimum Gasteiger partial charge on any atom is -0.480 e. The number of β-amino-alcohol motifs (C(OH)–C–C–N with tert-alkyl or cyclic N) is 1. The summed E-state index contributed by atoms with van der Waals surface area (Å²) in [5.41, 5.74) is 0.480. The van der Waals surface area contributed by atoms with Gasteiger partial charge in [0.25, 0.3) is 0 Å². The molecule has 1 saturated heterocycles. The molecule has 0 bridgehead atoms. The second-order valence-corrected chi connectivity index (χ2v) is 4.23. The highest BCUT2D eigenvalue weighted by molar-refractivity contribution is 5.92. The van der Waals surface area contributed by atoms with Gasteiger partial charge in [0.05, 0.1) is 18.0 Å². The van der Waals surface area contributed by atoms with Crippen LogP contribution in [0.1, 0.15) is 6.42 Å². The lowest BCUT2D eigenvalue weighted by molar-refractivity contribution is -0.141. The molecule has 0 saturated carbocycles. The van der Waals surface area contributed by atoms with Crippen molar-refractivity contribution in [3.63, 3.8) is 0 Å². The van der Waals surface area contributed by atoms with Crippen LogP contribution in [0.5, 0.6) is 0 Å². The van der Waals surface area contributed by atoms with E-state index in [1.807, 2.05) is 0 Å². The average Bonchev–Trinajstić information content (AvgIpc) is 2.85. The number of likely N-dealkylation sites (tertiary alicyclic amines) is 1. The number of urea groups is 1. The fourth-order valence-corrected chi connectivity index (χ4v) is 1.95. The second kappa shape index (κ2) is 4.65. The minimum atomic E-state index is -1.12. The molecule has 8 nitrogen and oxygen atoms in total. The van der Waals surface area contributed by atoms with Gasteiger partial charge in [0.15, 0.2) is 0 Å². The molecule has 2 heterocycles. The zero-order chi connectivity index (χ0) is 13.3. The predicted molar refractivity (Wildman–Crippen MR) is 61.0 cm³/mol. The van der Waals surface area contributed by atoms with E-state index in [-0.39, 0.29) is 13.0 Å². The van der Waals surface area contributed by atoms with E-state index in [0.29, 0.717) is 5.69 Å². The van der Waals surface area contributed by atoms with Gasteiger partial charge in [0.2, 0.25) is 0 Å². The number of anilines is 1. The third kappa shape index (κ3) is 2.43. The molecule has 2 rings (SSSR count). The number of aryl methyl sites for hydroxylation is 1. The maximum atomic E-state index is 11.9. The van der Waals surface area contributed by atoms with Gasteiger partial charge in [-0.3, -0.25) is 4.68 Å². The number of rotatable bonds is 2. The van der Waals surface area contributed by atoms with Gasteiger partial charge in [-0.25, -0.2) is 9.59 Å². The van der Waals surface area contributed by atoms with Crippen LogP contribution in [0, 0.1) is 0 Å². The number of carbonyl (C=O) groups is 2. The molecule has 1 fully saturated rings. The number of nitrogens with one attached hydrogen (secondary N) is 1. The zero-order valence-electron chi connectivity index (χ0n) is 9.78. The number of aromatic nitrogens is 2. The maximum absolute atomic E-state index is 11.9. The highest BCUT2D eigenvalue weighted by Gasteiger charge is 2.39. The smallest absolute Gasteiger partial charge is 0.326 e. The van der Waals surface area contributed by atoms with Crippen LogP contribution in [-0.4, -0.2) is 55.6 Å². The van der Waals surface area contributed by atoms with Crippen molar-refractivity contribution in [1.29, 1.82) is 0 Å². The number of amides is 2. The van der Waals surface area contributed by atoms with Crippen molar-refractivity contribution in [2.75, 3.05) is 11.9 Å². The van der Waals surface area contributed by atoms with E-state index in [2.05, 4.69) is 10.4 Å². The number of carboxylic acids is 1. The van der Waals surface area contributed by atoms with Crippen molar-refractivity contribution in [3.8, 4) is 0 Å². The van der Waals surface area contributed by atoms with Crippen LogP contribution in [0.3, 0.4) is 0 Å². The second-order valence-electron chi connectivity index (χ2n) is 4.23. The molecule has 0 unspecified atom stereocenters. The maximum Gasteiger partial charge on any atom is 0.326 e. The quantitative estimate of drug-likeness (QED) is 0.657. The third-order valence-electron chi connectivity index (χ3n) is 2.78. The summed E-state index contributed by atoms with van der Waals surface area (Å²) in [5, 5.41) is 24.8. The summed E-state index contributed by atoms with van der Waals surface area (Å²) in [7, 11) is 1.70. The van der Waals surface area contributed by atoms with Crippen molar-refractivity contribution < 1.29 is 19.8 Å². The number of carboxylic acid groups (broad SMARTS) is 1. The molecule has 1 aromatic heterocycles. The first kappa shape index (κ1) is 12.4. The topological polar surface area (TPSA) is 108 Å². The van der Waals surface area contributed by atoms with Gasteiger partial charge in [-0.2, -0.15) is 5.10 Å². The predicted octanol–water partition coefficient (Wildman–Crippen LogP) is -0.528. The SMILES string of the molecule is Cn1cc(NC(=O)N2C[C@H](O)C[C@@H]2C(=O)O)cn1. The van der Waals surface area contributed by atoms with E-state index < -0.39 is 24.1 Å². The third-order valence-corrected chi connectivity index (χ3v) is 2.78. The normalized spacial score (nSPS) is 23.1. The lowest BCUT2D eigenvalue weighted by Crippen LogP contribution is -2.42. The van der Waals surface area contributed by atoms with Crippen molar-refractivity contribution in [2.24, 2.45) is 7.05 Å². The fraction of sp³-hybridized carbons (Fsp3) is 0.500. The van der Waals surface area contributed by atoms with Crippen LogP contribution in [0.25, 0.3) is 0 Å². The van der Waals surface area contributed by atoms with Crippen molar-refractivity contribution >= 4 is 17.7 Å². The van der Waals surface area contributed by atoms with Crippen LogP contribution < -0.4 is 5.32 Å². The molecule has 0 radical (unpaired) electrons. The van der Waals surface area contributed by atoms with E-state index in [9.17, 15) is 14.7 Å². The van der Waals surface area contributed by atoms with E-state index in [4.69, 9.17) is 5.11 Å². The lowest BCUT2D eigenvalue weighted by atomic mass is 10.2. The molecule has 0 spiro atoms. The molecule has 8 heteroatoms. The Bertz CT molecular complexity index is 472. The molecule has 2 amide bonds. The number of hydrogen-bond acceptors (Lipinski definition) is 4. The Balaban J connectivity index is 2.06. The summed E-state index contributed by atoms with van der Waals surface area (Å²) >= 11 is 0. The number of nitrogens with zero attached hydrogens (tertiary/aromatic N) is 3. The summed E-state index contributed by atoms with van der Waals surface area (Å²) in [6.07, 6.45) is 2.31. The van der Waals surface area contributed by atoms with E-state index in [1.165, 1.54) is 10.9 Å². The summed E-state index contributed by atoms with van der Waals surface area (Å²) in [6.45, 7) is 0.0169. The molecule has 1 aliphatic rings. The summed E-state index contributed by atoms with van der Waals surface area (Å²) < 4.78 is 1.52. The largest absolute Gasteiger partial charge is 0.480 e. The van der Waals surface area contributed by atoms with Crippen molar-refractivity contribution in [2.45, 2.75) is 18.6 Å². The molecule has 18 heavy (non-hydrogen) atoms. The molecule has 0 aliphatic carbocycles. The Morgan fingerprint density at radius 1 is 1.56 bits per heavy atom. The van der Waals surface area contributed by atoms with Gasteiger partial charge in [-0.05, 0) is 0 Å². The Hall–Kier alpha value is -2.09. The molecule has 0 aromatic carbocycles. The van der Waals surface area contributed by atoms with Gasteiger partial charge in [0.1, 0.15) is 6.04 Å². The van der Waals surface area contributed by atoms with Crippen LogP contribution in [0.2, 0.25) is 0 Å². The number of hydrogen-bond donors (Lipinski definition) is 3. The van der Waals surface area contributed by atoms with Gasteiger partial charge in [0, 0.05) is 26.2 Å². The lowest BCUT2D eigenvalue weighted by Gasteiger charge is -2.20. The first-order valence-corrected chi connectivity index (χ1v) is 5.44. The fourth-order valence-electron chi connectivity index (χ4n) is 1.95. The molecular weight excluding hydrogens is 240 g/mol. The zero-order valence-corrected chi connectivity index (χ0v) is 9.78. The Kier molecular flexibility index (Phi) is 3.19. The molecule has 98 valence electrons. The first-order chi connectivity index (χ1) is 8.47. The van der Waals surface area contributed by atoms with Gasteiger partial charge in [-0.15, -0.1) is 0 Å². The summed E-state index contributed by atoms with van der Waals surface area (Å²) in [5.74, 6) is -1.12. The van der Waals surface area contributed by atoms with E-state index >= 15 is 0 Å². The number of aliphatic carboxylic acids is 1. The molecular formula is C10H14N4O4. The highest BCUT2D eigenvalue weighted by Crippen LogP contribution is 2.19. The molecule has 1 aliphatic heterocycles. The van der Waals surface area contributed by atoms with Gasteiger partial charge in [-0.1, -0.05) is 0 Å². The van der Waals surface area contributed by atoms with Crippen LogP contribution in [0.15, 0.2) is 12.4 Å². The first-order valence-electron chi connectivity index (χ1n) is 5.44. The number of aliphatic hydroxyl groups excluding tert-OH is 1.